The summed E-state index contributed by atoms with van der Waals surface area (Å²) in [6.07, 6.45) is 2.14. The molecule has 1 aliphatic heterocycles. The molecule has 0 radical (unpaired) electrons. The molecule has 124 valence electrons. The van der Waals surface area contributed by atoms with Crippen LogP contribution in [0, 0.1) is 0 Å². The van der Waals surface area contributed by atoms with E-state index >= 15 is 0 Å². The highest BCUT2D eigenvalue weighted by molar-refractivity contribution is 6.36. The van der Waals surface area contributed by atoms with Crippen LogP contribution >= 0.6 is 23.2 Å². The van der Waals surface area contributed by atoms with Crippen molar-refractivity contribution >= 4 is 41.0 Å². The van der Waals surface area contributed by atoms with E-state index in [4.69, 9.17) is 33.7 Å². The average molecular weight is 359 g/mol. The van der Waals surface area contributed by atoms with Gasteiger partial charge >= 0.3 is 5.97 Å². The molecular weight excluding hydrogens is 343 g/mol. The second kappa shape index (κ2) is 7.66. The Morgan fingerprint density at radius 3 is 2.65 bits per heavy atom. The Morgan fingerprint density at radius 2 is 2.00 bits per heavy atom. The zero-order valence-electron chi connectivity index (χ0n) is 12.3. The average Bonchev–Trinajstić information content (AvgIpc) is 2.52. The first-order chi connectivity index (χ1) is 10.9. The minimum Gasteiger partial charge on any atom is -0.452 e. The van der Waals surface area contributed by atoms with Gasteiger partial charge in [-0.25, -0.2) is 4.79 Å². The maximum absolute atomic E-state index is 12.2. The van der Waals surface area contributed by atoms with Gasteiger partial charge in [0.15, 0.2) is 6.61 Å². The molecule has 0 aliphatic carbocycles. The van der Waals surface area contributed by atoms with Crippen molar-refractivity contribution in [1.29, 1.82) is 0 Å². The molecule has 1 heterocycles. The summed E-state index contributed by atoms with van der Waals surface area (Å²) in [4.78, 5) is 36.9. The first-order valence-electron chi connectivity index (χ1n) is 7.11. The van der Waals surface area contributed by atoms with Gasteiger partial charge in [-0.15, -0.1) is 0 Å². The molecule has 1 aromatic carbocycles. The predicted octanol–water partition coefficient (Wildman–Crippen LogP) is 2.02. The number of piperidine rings is 1. The number of likely N-dealkylation sites (tertiary alicyclic amines) is 1. The van der Waals surface area contributed by atoms with Crippen LogP contribution in [0.3, 0.4) is 0 Å². The van der Waals surface area contributed by atoms with Gasteiger partial charge in [0.05, 0.1) is 10.6 Å². The monoisotopic (exact) mass is 358 g/mol. The fourth-order valence-corrected chi connectivity index (χ4v) is 2.95. The largest absolute Gasteiger partial charge is 0.452 e. The van der Waals surface area contributed by atoms with Gasteiger partial charge in [0.1, 0.15) is 6.04 Å². The molecule has 6 nitrogen and oxygen atoms in total. The molecule has 1 aliphatic rings. The lowest BCUT2D eigenvalue weighted by Gasteiger charge is -2.33. The van der Waals surface area contributed by atoms with Crippen molar-refractivity contribution in [3.05, 3.63) is 33.8 Å². The smallest absolute Gasteiger partial charge is 0.340 e. The predicted molar refractivity (Wildman–Crippen MR) is 85.3 cm³/mol. The maximum Gasteiger partial charge on any atom is 0.340 e. The van der Waals surface area contributed by atoms with Crippen LogP contribution in [0.15, 0.2) is 18.2 Å². The number of esters is 1. The van der Waals surface area contributed by atoms with Crippen molar-refractivity contribution in [2.45, 2.75) is 25.3 Å². The minimum atomic E-state index is -0.729. The fraction of sp³-hybridized carbons (Fsp3) is 0.400. The van der Waals surface area contributed by atoms with Crippen LogP contribution in [0.5, 0.6) is 0 Å². The Bertz CT molecular complexity index is 636. The van der Waals surface area contributed by atoms with E-state index in [2.05, 4.69) is 0 Å². The number of halogens is 2. The van der Waals surface area contributed by atoms with Crippen LogP contribution in [0.25, 0.3) is 0 Å². The van der Waals surface area contributed by atoms with Crippen molar-refractivity contribution < 1.29 is 19.1 Å². The number of hydrogen-bond donors (Lipinski definition) is 1. The number of rotatable bonds is 4. The van der Waals surface area contributed by atoms with E-state index in [0.29, 0.717) is 18.0 Å². The van der Waals surface area contributed by atoms with E-state index in [9.17, 15) is 14.4 Å². The number of benzene rings is 1. The van der Waals surface area contributed by atoms with Crippen molar-refractivity contribution in [2.75, 3.05) is 13.2 Å². The third-order valence-corrected chi connectivity index (χ3v) is 4.18. The van der Waals surface area contributed by atoms with E-state index in [0.717, 1.165) is 12.8 Å². The highest BCUT2D eigenvalue weighted by atomic mass is 35.5. The molecule has 23 heavy (non-hydrogen) atoms. The first-order valence-corrected chi connectivity index (χ1v) is 7.86. The summed E-state index contributed by atoms with van der Waals surface area (Å²) in [6, 6.07) is 3.69. The van der Waals surface area contributed by atoms with Crippen molar-refractivity contribution in [2.24, 2.45) is 5.73 Å². The summed E-state index contributed by atoms with van der Waals surface area (Å²) in [5, 5.41) is 0.531. The summed E-state index contributed by atoms with van der Waals surface area (Å²) in [5.41, 5.74) is 5.43. The van der Waals surface area contributed by atoms with E-state index in [1.807, 2.05) is 0 Å². The van der Waals surface area contributed by atoms with E-state index in [1.165, 1.54) is 23.1 Å². The number of ether oxygens (including phenoxy) is 1. The van der Waals surface area contributed by atoms with Crippen molar-refractivity contribution in [1.82, 2.24) is 4.90 Å². The Balaban J connectivity index is 1.97. The van der Waals surface area contributed by atoms with Gasteiger partial charge in [-0.05, 0) is 37.5 Å². The minimum absolute atomic E-state index is 0.119. The standard InChI is InChI=1S/C15H16Cl2N2O4/c16-9-4-5-10(11(17)7-9)15(22)23-8-13(20)19-6-2-1-3-12(19)14(18)21/h4-5,7,12H,1-3,6,8H2,(H2,18,21)/t12-/m1/s1. The zero-order valence-corrected chi connectivity index (χ0v) is 13.8. The zero-order chi connectivity index (χ0) is 17.0. The molecule has 1 fully saturated rings. The molecule has 2 rings (SSSR count). The normalized spacial score (nSPS) is 17.7. The maximum atomic E-state index is 12.2. The van der Waals surface area contributed by atoms with E-state index < -0.39 is 30.4 Å². The summed E-state index contributed by atoms with van der Waals surface area (Å²) in [5.74, 6) is -1.73. The summed E-state index contributed by atoms with van der Waals surface area (Å²) in [6.45, 7) is -0.0484. The Labute approximate surface area is 143 Å². The Hall–Kier alpha value is -1.79. The van der Waals surface area contributed by atoms with Gasteiger partial charge in [0.25, 0.3) is 5.91 Å². The molecule has 2 amide bonds. The van der Waals surface area contributed by atoms with Gasteiger partial charge in [-0.3, -0.25) is 9.59 Å². The third kappa shape index (κ3) is 4.36. The van der Waals surface area contributed by atoms with Crippen LogP contribution in [0.1, 0.15) is 29.6 Å². The lowest BCUT2D eigenvalue weighted by Crippen LogP contribution is -2.51. The van der Waals surface area contributed by atoms with Crippen LogP contribution in [0.2, 0.25) is 10.0 Å². The number of nitrogens with zero attached hydrogens (tertiary/aromatic N) is 1. The van der Waals surface area contributed by atoms with E-state index in [-0.39, 0.29) is 10.6 Å². The molecular formula is C15H16Cl2N2O4. The molecule has 0 unspecified atom stereocenters. The topological polar surface area (TPSA) is 89.7 Å². The van der Waals surface area contributed by atoms with Crippen LogP contribution in [0.4, 0.5) is 0 Å². The van der Waals surface area contributed by atoms with Gasteiger partial charge in [-0.1, -0.05) is 23.2 Å². The summed E-state index contributed by atoms with van der Waals surface area (Å²) < 4.78 is 4.98. The molecule has 1 saturated heterocycles. The summed E-state index contributed by atoms with van der Waals surface area (Å²) in [7, 11) is 0. The lowest BCUT2D eigenvalue weighted by molar-refractivity contribution is -0.143. The van der Waals surface area contributed by atoms with E-state index in [1.54, 1.807) is 0 Å². The second-order valence-electron chi connectivity index (χ2n) is 5.20. The van der Waals surface area contributed by atoms with Gasteiger partial charge < -0.3 is 15.4 Å². The fourth-order valence-electron chi connectivity index (χ4n) is 2.47. The lowest BCUT2D eigenvalue weighted by atomic mass is 10.0. The number of nitrogens with two attached hydrogens (primary N) is 1. The number of amides is 2. The van der Waals surface area contributed by atoms with Gasteiger partial charge in [0, 0.05) is 11.6 Å². The first kappa shape index (κ1) is 17.6. The molecule has 0 spiro atoms. The molecule has 0 bridgehead atoms. The second-order valence-corrected chi connectivity index (χ2v) is 6.05. The van der Waals surface area contributed by atoms with Gasteiger partial charge in [0.2, 0.25) is 5.91 Å². The Morgan fingerprint density at radius 1 is 1.26 bits per heavy atom. The SMILES string of the molecule is NC(=O)[C@H]1CCCCN1C(=O)COC(=O)c1ccc(Cl)cc1Cl. The number of carbonyl (C=O) groups excluding carboxylic acids is 3. The molecule has 0 saturated carbocycles. The van der Waals surface area contributed by atoms with Crippen molar-refractivity contribution in [3.8, 4) is 0 Å². The number of primary amides is 1. The highest BCUT2D eigenvalue weighted by Crippen LogP contribution is 2.22. The highest BCUT2D eigenvalue weighted by Gasteiger charge is 2.31. The molecule has 0 aromatic heterocycles. The van der Waals surface area contributed by atoms with Crippen molar-refractivity contribution in [3.63, 3.8) is 0 Å². The quantitative estimate of drug-likeness (QED) is 0.833. The molecule has 8 heteroatoms. The summed E-state index contributed by atoms with van der Waals surface area (Å²) >= 11 is 11.7. The number of hydrogen-bond acceptors (Lipinski definition) is 4. The number of carbonyl (C=O) groups is 3. The van der Waals surface area contributed by atoms with Crippen LogP contribution < -0.4 is 5.73 Å². The van der Waals surface area contributed by atoms with Crippen LogP contribution in [-0.2, 0) is 14.3 Å². The molecule has 1 atom stereocenters. The van der Waals surface area contributed by atoms with Gasteiger partial charge in [-0.2, -0.15) is 0 Å². The Kier molecular flexibility index (Phi) is 5.85. The molecule has 1 aromatic rings. The molecule has 2 N–H and O–H groups in total. The third-order valence-electron chi connectivity index (χ3n) is 3.63. The van der Waals surface area contributed by atoms with Crippen LogP contribution in [-0.4, -0.2) is 41.9 Å².